The molecule has 6 N–H and O–H groups in total. The molecular weight excluding hydrogens is 392 g/mol. The van der Waals surface area contributed by atoms with Crippen molar-refractivity contribution in [1.82, 2.24) is 20.6 Å². The van der Waals surface area contributed by atoms with Crippen molar-refractivity contribution in [2.24, 2.45) is 0 Å². The lowest BCUT2D eigenvalue weighted by Gasteiger charge is -2.19. The van der Waals surface area contributed by atoms with E-state index in [0.29, 0.717) is 6.54 Å². The lowest BCUT2D eigenvalue weighted by atomic mass is 10.1. The second-order valence-electron chi connectivity index (χ2n) is 6.73. The first-order valence-electron chi connectivity index (χ1n) is 9.67. The molecule has 0 aliphatic heterocycles. The van der Waals surface area contributed by atoms with Crippen molar-refractivity contribution in [2.45, 2.75) is 38.6 Å². The van der Waals surface area contributed by atoms with Crippen LogP contribution in [0.3, 0.4) is 0 Å². The standard InChI is InChI=1S/C20H29ClN6O2/c1-3-5-14(24-11-4-6-13-7-9-15(29-2)10-8-13)12-25-20(28)16-18(22)27-19(23)17(21)26-16/h7-10,14,24H,3-6,11-12H2,1-2H3,(H,25,28)(H4,22,23,27)/t14-/m1/s1. The molecule has 1 atom stereocenters. The van der Waals surface area contributed by atoms with Crippen molar-refractivity contribution in [3.8, 4) is 5.75 Å². The second-order valence-corrected chi connectivity index (χ2v) is 7.09. The van der Waals surface area contributed by atoms with Crippen LogP contribution in [0, 0.1) is 0 Å². The normalized spacial score (nSPS) is 11.8. The lowest BCUT2D eigenvalue weighted by Crippen LogP contribution is -2.41. The SMILES string of the molecule is CCC[C@H](CNC(=O)c1nc(Cl)c(N)nc1N)NCCCc1ccc(OC)cc1. The van der Waals surface area contributed by atoms with Crippen molar-refractivity contribution in [1.29, 1.82) is 0 Å². The predicted molar refractivity (Wildman–Crippen MR) is 116 cm³/mol. The average Bonchev–Trinajstić information content (AvgIpc) is 2.72. The number of ether oxygens (including phenoxy) is 1. The molecule has 0 saturated carbocycles. The topological polar surface area (TPSA) is 128 Å². The molecule has 0 saturated heterocycles. The highest BCUT2D eigenvalue weighted by Gasteiger charge is 2.17. The minimum Gasteiger partial charge on any atom is -0.497 e. The van der Waals surface area contributed by atoms with Crippen molar-refractivity contribution < 1.29 is 9.53 Å². The Kier molecular flexibility index (Phi) is 8.95. The van der Waals surface area contributed by atoms with Gasteiger partial charge < -0.3 is 26.8 Å². The fraction of sp³-hybridized carbons (Fsp3) is 0.450. The summed E-state index contributed by atoms with van der Waals surface area (Å²) in [5.74, 6) is 0.406. The quantitative estimate of drug-likeness (QED) is 0.411. The fourth-order valence-electron chi connectivity index (χ4n) is 2.92. The smallest absolute Gasteiger partial charge is 0.273 e. The number of methoxy groups -OCH3 is 1. The second kappa shape index (κ2) is 11.4. The van der Waals surface area contributed by atoms with Gasteiger partial charge >= 0.3 is 0 Å². The molecule has 0 unspecified atom stereocenters. The summed E-state index contributed by atoms with van der Waals surface area (Å²) in [5, 5.41) is 6.31. The largest absolute Gasteiger partial charge is 0.497 e. The van der Waals surface area contributed by atoms with Crippen molar-refractivity contribution in [3.63, 3.8) is 0 Å². The van der Waals surface area contributed by atoms with Crippen LogP contribution in [0.2, 0.25) is 5.15 Å². The average molecular weight is 421 g/mol. The molecule has 0 spiro atoms. The summed E-state index contributed by atoms with van der Waals surface area (Å²) in [6.07, 6.45) is 3.90. The van der Waals surface area contributed by atoms with E-state index in [0.717, 1.165) is 38.0 Å². The van der Waals surface area contributed by atoms with Crippen LogP contribution in [-0.4, -0.2) is 42.1 Å². The Hall–Kier alpha value is -2.58. The highest BCUT2D eigenvalue weighted by molar-refractivity contribution is 6.31. The number of halogens is 1. The Morgan fingerprint density at radius 2 is 1.93 bits per heavy atom. The minimum absolute atomic E-state index is 0.00287. The molecule has 1 amide bonds. The van der Waals surface area contributed by atoms with Gasteiger partial charge in [-0.1, -0.05) is 37.1 Å². The van der Waals surface area contributed by atoms with Crippen molar-refractivity contribution in [3.05, 3.63) is 40.7 Å². The van der Waals surface area contributed by atoms with Gasteiger partial charge in [0.15, 0.2) is 22.5 Å². The number of rotatable bonds is 11. The van der Waals surface area contributed by atoms with Crippen molar-refractivity contribution in [2.75, 3.05) is 31.7 Å². The number of amides is 1. The number of benzene rings is 1. The van der Waals surface area contributed by atoms with Gasteiger partial charge in [0.2, 0.25) is 0 Å². The Bertz CT molecular complexity index is 800. The summed E-state index contributed by atoms with van der Waals surface area (Å²) in [5.41, 5.74) is 12.5. The van der Waals surface area contributed by atoms with E-state index in [1.54, 1.807) is 7.11 Å². The van der Waals surface area contributed by atoms with E-state index in [9.17, 15) is 4.79 Å². The van der Waals surface area contributed by atoms with E-state index in [1.165, 1.54) is 5.56 Å². The number of nitrogen functional groups attached to an aromatic ring is 2. The summed E-state index contributed by atoms with van der Waals surface area (Å²) in [7, 11) is 1.66. The van der Waals surface area contributed by atoms with Crippen LogP contribution in [0.5, 0.6) is 5.75 Å². The molecule has 0 aliphatic carbocycles. The van der Waals surface area contributed by atoms with Gasteiger partial charge in [0.1, 0.15) is 5.75 Å². The maximum absolute atomic E-state index is 12.4. The maximum atomic E-state index is 12.4. The predicted octanol–water partition coefficient (Wildman–Crippen LogP) is 2.42. The van der Waals surface area contributed by atoms with Gasteiger partial charge in [0.25, 0.3) is 5.91 Å². The fourth-order valence-corrected chi connectivity index (χ4v) is 3.05. The van der Waals surface area contributed by atoms with Crippen LogP contribution >= 0.6 is 11.6 Å². The summed E-state index contributed by atoms with van der Waals surface area (Å²) < 4.78 is 5.17. The Labute approximate surface area is 176 Å². The zero-order chi connectivity index (χ0) is 21.2. The number of hydrogen-bond acceptors (Lipinski definition) is 7. The van der Waals surface area contributed by atoms with E-state index in [-0.39, 0.29) is 28.5 Å². The van der Waals surface area contributed by atoms with Crippen LogP contribution in [-0.2, 0) is 6.42 Å². The molecule has 0 radical (unpaired) electrons. The summed E-state index contributed by atoms with van der Waals surface area (Å²) >= 11 is 5.84. The van der Waals surface area contributed by atoms with Crippen molar-refractivity contribution >= 4 is 29.1 Å². The molecule has 29 heavy (non-hydrogen) atoms. The molecular formula is C20H29ClN6O2. The highest BCUT2D eigenvalue weighted by atomic mass is 35.5. The first kappa shape index (κ1) is 22.7. The minimum atomic E-state index is -0.418. The molecule has 9 heteroatoms. The maximum Gasteiger partial charge on any atom is 0.273 e. The van der Waals surface area contributed by atoms with Gasteiger partial charge in [-0.15, -0.1) is 0 Å². The molecule has 0 fully saturated rings. The summed E-state index contributed by atoms with van der Waals surface area (Å²) in [6.45, 7) is 3.41. The molecule has 2 rings (SSSR count). The van der Waals surface area contributed by atoms with E-state index < -0.39 is 5.91 Å². The third-order valence-corrected chi connectivity index (χ3v) is 4.78. The number of aromatic nitrogens is 2. The summed E-state index contributed by atoms with van der Waals surface area (Å²) in [4.78, 5) is 20.1. The molecule has 0 aliphatic rings. The Morgan fingerprint density at radius 3 is 2.59 bits per heavy atom. The molecule has 0 bridgehead atoms. The highest BCUT2D eigenvalue weighted by Crippen LogP contribution is 2.17. The number of nitrogens with zero attached hydrogens (tertiary/aromatic N) is 2. The number of anilines is 2. The molecule has 1 aromatic heterocycles. The van der Waals surface area contributed by atoms with Gasteiger partial charge in [-0.05, 0) is 43.5 Å². The van der Waals surface area contributed by atoms with Gasteiger partial charge in [-0.2, -0.15) is 0 Å². The molecule has 8 nitrogen and oxygen atoms in total. The molecule has 158 valence electrons. The summed E-state index contributed by atoms with van der Waals surface area (Å²) in [6, 6.07) is 8.24. The van der Waals surface area contributed by atoms with Crippen LogP contribution < -0.4 is 26.8 Å². The number of carbonyl (C=O) groups excluding carboxylic acids is 1. The van der Waals surface area contributed by atoms with Crippen LogP contribution in [0.1, 0.15) is 42.2 Å². The van der Waals surface area contributed by atoms with Crippen LogP contribution in [0.25, 0.3) is 0 Å². The van der Waals surface area contributed by atoms with Crippen LogP contribution in [0.4, 0.5) is 11.6 Å². The van der Waals surface area contributed by atoms with E-state index in [2.05, 4.69) is 39.7 Å². The Morgan fingerprint density at radius 1 is 1.21 bits per heavy atom. The third-order valence-electron chi connectivity index (χ3n) is 4.50. The number of hydrogen-bond donors (Lipinski definition) is 4. The molecule has 1 heterocycles. The first-order valence-corrected chi connectivity index (χ1v) is 10.0. The van der Waals surface area contributed by atoms with Gasteiger partial charge in [0.05, 0.1) is 7.11 Å². The molecule has 1 aromatic carbocycles. The monoisotopic (exact) mass is 420 g/mol. The first-order chi connectivity index (χ1) is 13.9. The third kappa shape index (κ3) is 7.07. The molecule has 2 aromatic rings. The number of carbonyl (C=O) groups is 1. The van der Waals surface area contributed by atoms with E-state index in [4.69, 9.17) is 27.8 Å². The van der Waals surface area contributed by atoms with E-state index >= 15 is 0 Å². The number of nitrogens with two attached hydrogens (primary N) is 2. The zero-order valence-electron chi connectivity index (χ0n) is 16.9. The van der Waals surface area contributed by atoms with Crippen LogP contribution in [0.15, 0.2) is 24.3 Å². The number of aryl methyl sites for hydroxylation is 1. The number of nitrogens with one attached hydrogen (secondary N) is 2. The Balaban J connectivity index is 1.80. The zero-order valence-corrected chi connectivity index (χ0v) is 17.6. The van der Waals surface area contributed by atoms with Gasteiger partial charge in [0, 0.05) is 12.6 Å². The van der Waals surface area contributed by atoms with E-state index in [1.807, 2.05) is 12.1 Å². The van der Waals surface area contributed by atoms with Gasteiger partial charge in [-0.25, -0.2) is 9.97 Å². The lowest BCUT2D eigenvalue weighted by molar-refractivity contribution is 0.0944. The van der Waals surface area contributed by atoms with Gasteiger partial charge in [-0.3, -0.25) is 4.79 Å².